The van der Waals surface area contributed by atoms with Crippen LogP contribution < -0.4 is 4.74 Å². The van der Waals surface area contributed by atoms with Crippen LogP contribution in [0, 0.1) is 17.2 Å². The molecule has 0 bridgehead atoms. The van der Waals surface area contributed by atoms with Crippen LogP contribution in [0.5, 0.6) is 5.75 Å². The molecule has 3 atom stereocenters. The minimum Gasteiger partial charge on any atom is -0.485 e. The highest BCUT2D eigenvalue weighted by atomic mass is 16.6. The summed E-state index contributed by atoms with van der Waals surface area (Å²) in [5, 5.41) is 20.1. The zero-order chi connectivity index (χ0) is 17.6. The lowest BCUT2D eigenvalue weighted by Gasteiger charge is -2.46. The molecule has 1 N–H and O–H groups in total. The van der Waals surface area contributed by atoms with Gasteiger partial charge in [-0.25, -0.2) is 4.79 Å². The third-order valence-electron chi connectivity index (χ3n) is 4.86. The molecule has 0 saturated carbocycles. The summed E-state index contributed by atoms with van der Waals surface area (Å²) in [6.07, 6.45) is -1.38. The van der Waals surface area contributed by atoms with Crippen molar-refractivity contribution in [1.82, 2.24) is 4.90 Å². The Morgan fingerprint density at radius 1 is 1.42 bits per heavy atom. The van der Waals surface area contributed by atoms with Crippen LogP contribution in [-0.2, 0) is 4.74 Å². The first-order valence-corrected chi connectivity index (χ1v) is 8.12. The fraction of sp³-hybridized carbons (Fsp3) is 0.556. The molecule has 0 unspecified atom stereocenters. The van der Waals surface area contributed by atoms with Crippen molar-refractivity contribution in [2.45, 2.75) is 51.5 Å². The first-order valence-electron chi connectivity index (χ1n) is 8.12. The van der Waals surface area contributed by atoms with Gasteiger partial charge in [0.2, 0.25) is 0 Å². The Labute approximate surface area is 141 Å². The number of benzene rings is 1. The summed E-state index contributed by atoms with van der Waals surface area (Å²) < 4.78 is 11.2. The van der Waals surface area contributed by atoms with E-state index in [1.165, 1.54) is 0 Å². The molecule has 2 aliphatic rings. The number of nitriles is 1. The number of aliphatic hydroxyl groups excluding tert-OH is 1. The number of nitrogens with zero attached hydrogens (tertiary/aromatic N) is 2. The number of hydrogen-bond acceptors (Lipinski definition) is 5. The van der Waals surface area contributed by atoms with E-state index >= 15 is 0 Å². The molecule has 6 nitrogen and oxygen atoms in total. The van der Waals surface area contributed by atoms with Crippen LogP contribution >= 0.6 is 0 Å². The van der Waals surface area contributed by atoms with Gasteiger partial charge in [-0.3, -0.25) is 4.90 Å². The third-order valence-corrected chi connectivity index (χ3v) is 4.86. The van der Waals surface area contributed by atoms with E-state index in [4.69, 9.17) is 9.47 Å². The number of fused-ring (bicyclic) bond motifs is 1. The predicted molar refractivity (Wildman–Crippen MR) is 86.4 cm³/mol. The average molecular weight is 330 g/mol. The topological polar surface area (TPSA) is 82.8 Å². The van der Waals surface area contributed by atoms with E-state index in [9.17, 15) is 15.2 Å². The van der Waals surface area contributed by atoms with Gasteiger partial charge in [-0.15, -0.1) is 0 Å². The number of hydrogen-bond donors (Lipinski definition) is 1. The van der Waals surface area contributed by atoms with Crippen LogP contribution in [0.4, 0.5) is 4.79 Å². The third kappa shape index (κ3) is 2.49. The molecule has 2 aliphatic heterocycles. The Balaban J connectivity index is 2.15. The van der Waals surface area contributed by atoms with Crippen molar-refractivity contribution in [3.8, 4) is 11.8 Å². The van der Waals surface area contributed by atoms with Gasteiger partial charge in [0.25, 0.3) is 0 Å². The molecular weight excluding hydrogens is 308 g/mol. The van der Waals surface area contributed by atoms with E-state index < -0.39 is 23.8 Å². The lowest BCUT2D eigenvalue weighted by Crippen LogP contribution is -2.56. The Morgan fingerprint density at radius 2 is 2.12 bits per heavy atom. The summed E-state index contributed by atoms with van der Waals surface area (Å²) in [4.78, 5) is 14.0. The fourth-order valence-electron chi connectivity index (χ4n) is 3.42. The molecule has 0 radical (unpaired) electrons. The van der Waals surface area contributed by atoms with Gasteiger partial charge >= 0.3 is 6.09 Å². The van der Waals surface area contributed by atoms with Crippen LogP contribution in [0.15, 0.2) is 18.2 Å². The quantitative estimate of drug-likeness (QED) is 0.901. The average Bonchev–Trinajstić information content (AvgIpc) is 2.90. The molecule has 24 heavy (non-hydrogen) atoms. The van der Waals surface area contributed by atoms with Gasteiger partial charge in [0.15, 0.2) is 0 Å². The zero-order valence-corrected chi connectivity index (χ0v) is 14.3. The molecule has 128 valence electrons. The lowest BCUT2D eigenvalue weighted by molar-refractivity contribution is -0.0895. The molecule has 3 rings (SSSR count). The van der Waals surface area contributed by atoms with Crippen molar-refractivity contribution in [3.05, 3.63) is 29.3 Å². The van der Waals surface area contributed by atoms with E-state index in [0.29, 0.717) is 23.5 Å². The monoisotopic (exact) mass is 330 g/mol. The highest BCUT2D eigenvalue weighted by molar-refractivity contribution is 5.71. The summed E-state index contributed by atoms with van der Waals surface area (Å²) in [6.45, 7) is 7.91. The number of amides is 1. The number of rotatable bonds is 2. The minimum atomic E-state index is -0.939. The number of ether oxygens (including phenoxy) is 2. The molecule has 1 aromatic carbocycles. The Morgan fingerprint density at radius 3 is 2.75 bits per heavy atom. The van der Waals surface area contributed by atoms with Crippen molar-refractivity contribution in [1.29, 1.82) is 5.26 Å². The number of cyclic esters (lactones) is 1. The summed E-state index contributed by atoms with van der Waals surface area (Å²) >= 11 is 0. The maximum atomic E-state index is 12.4. The minimum absolute atomic E-state index is 0.135. The molecule has 1 amide bonds. The van der Waals surface area contributed by atoms with E-state index in [1.54, 1.807) is 36.9 Å². The maximum absolute atomic E-state index is 12.4. The smallest absolute Gasteiger partial charge is 0.410 e. The van der Waals surface area contributed by atoms with Crippen molar-refractivity contribution in [3.63, 3.8) is 0 Å². The van der Waals surface area contributed by atoms with Crippen molar-refractivity contribution in [2.24, 2.45) is 5.92 Å². The first-order chi connectivity index (χ1) is 11.3. The molecule has 0 aliphatic carbocycles. The number of aliphatic hydroxyl groups is 1. The van der Waals surface area contributed by atoms with Crippen LogP contribution in [0.3, 0.4) is 0 Å². The van der Waals surface area contributed by atoms with Crippen molar-refractivity contribution >= 4 is 6.09 Å². The van der Waals surface area contributed by atoms with Crippen molar-refractivity contribution in [2.75, 3.05) is 6.61 Å². The molecule has 1 fully saturated rings. The fourth-order valence-corrected chi connectivity index (χ4v) is 3.42. The van der Waals surface area contributed by atoms with Crippen LogP contribution in [0.25, 0.3) is 0 Å². The van der Waals surface area contributed by atoms with Crippen LogP contribution in [0.2, 0.25) is 0 Å². The Hall–Kier alpha value is -2.26. The molecule has 0 spiro atoms. The Kier molecular flexibility index (Phi) is 3.92. The first kappa shape index (κ1) is 16.6. The van der Waals surface area contributed by atoms with E-state index in [0.717, 1.165) is 0 Å². The second-order valence-electron chi connectivity index (χ2n) is 7.26. The number of carbonyl (C=O) groups excluding carboxylic acids is 1. The number of carbonyl (C=O) groups is 1. The van der Waals surface area contributed by atoms with E-state index in [-0.39, 0.29) is 12.0 Å². The van der Waals surface area contributed by atoms with Crippen LogP contribution in [0.1, 0.15) is 44.9 Å². The highest BCUT2D eigenvalue weighted by Crippen LogP contribution is 2.45. The van der Waals surface area contributed by atoms with Gasteiger partial charge in [-0.05, 0) is 38.0 Å². The molecule has 0 aromatic heterocycles. The molecule has 1 saturated heterocycles. The van der Waals surface area contributed by atoms with Crippen LogP contribution in [-0.4, -0.2) is 40.5 Å². The van der Waals surface area contributed by atoms with Gasteiger partial charge in [-0.1, -0.05) is 13.8 Å². The maximum Gasteiger partial charge on any atom is 0.410 e. The van der Waals surface area contributed by atoms with Gasteiger partial charge < -0.3 is 14.6 Å². The summed E-state index contributed by atoms with van der Waals surface area (Å²) in [6, 6.07) is 6.43. The predicted octanol–water partition coefficient (Wildman–Crippen LogP) is 2.61. The van der Waals surface area contributed by atoms with Crippen molar-refractivity contribution < 1.29 is 19.4 Å². The van der Waals surface area contributed by atoms with Gasteiger partial charge in [0, 0.05) is 5.56 Å². The molecule has 2 heterocycles. The summed E-state index contributed by atoms with van der Waals surface area (Å²) in [5.41, 5.74) is 0.240. The molecular formula is C18H22N2O4. The molecule has 1 aromatic rings. The van der Waals surface area contributed by atoms with E-state index in [2.05, 4.69) is 6.07 Å². The second-order valence-corrected chi connectivity index (χ2v) is 7.26. The zero-order valence-electron chi connectivity index (χ0n) is 14.3. The van der Waals surface area contributed by atoms with Gasteiger partial charge in [-0.2, -0.15) is 5.26 Å². The summed E-state index contributed by atoms with van der Waals surface area (Å²) in [7, 11) is 0. The van der Waals surface area contributed by atoms with Gasteiger partial charge in [0.1, 0.15) is 24.1 Å². The second kappa shape index (κ2) is 5.67. The summed E-state index contributed by atoms with van der Waals surface area (Å²) in [5.74, 6) is 0.758. The SMILES string of the molecule is CC(C)[C@H]1COC(=O)N1[C@H]1c2cc(C#N)ccc2OC(C)(C)[C@@H]1O. The standard InChI is InChI=1S/C18H22N2O4/c1-10(2)13-9-23-17(22)20(13)15-12-7-11(8-19)5-6-14(12)24-18(3,4)16(15)21/h5-7,10,13,15-16,21H,9H2,1-4H3/t13-,15+,16-/m1/s1. The van der Waals surface area contributed by atoms with Gasteiger partial charge in [0.05, 0.1) is 23.7 Å². The normalized spacial score (nSPS) is 28.1. The Bertz CT molecular complexity index is 707. The highest BCUT2D eigenvalue weighted by Gasteiger charge is 2.51. The molecule has 6 heteroatoms. The lowest BCUT2D eigenvalue weighted by atomic mass is 9.84. The largest absolute Gasteiger partial charge is 0.485 e. The van der Waals surface area contributed by atoms with E-state index in [1.807, 2.05) is 13.8 Å².